The van der Waals surface area contributed by atoms with Gasteiger partial charge in [-0.3, -0.25) is 4.79 Å². The molecule has 0 spiro atoms. The average molecular weight is 313 g/mol. The molecule has 1 atom stereocenters. The number of methoxy groups -OCH3 is 1. The molecule has 2 aromatic carbocycles. The summed E-state index contributed by atoms with van der Waals surface area (Å²) in [5.74, 6) is -0.776. The average Bonchev–Trinajstić information content (AvgIpc) is 2.60. The van der Waals surface area contributed by atoms with Gasteiger partial charge in [-0.15, -0.1) is 0 Å². The molecule has 0 radical (unpaired) electrons. The van der Waals surface area contributed by atoms with Crippen LogP contribution in [0.4, 0.5) is 0 Å². The Kier molecular flexibility index (Phi) is 5.13. The molecule has 1 unspecified atom stereocenters. The Morgan fingerprint density at radius 1 is 1.04 bits per heavy atom. The molecule has 2 N–H and O–H groups in total. The second-order valence-corrected chi connectivity index (χ2v) is 5.39. The highest BCUT2D eigenvalue weighted by Gasteiger charge is 2.23. The summed E-state index contributed by atoms with van der Waals surface area (Å²) in [7, 11) is 1.30. The van der Waals surface area contributed by atoms with E-state index >= 15 is 0 Å². The van der Waals surface area contributed by atoms with Crippen molar-refractivity contribution in [2.75, 3.05) is 13.7 Å². The first-order chi connectivity index (χ1) is 10.9. The normalized spacial score (nSPS) is 13.0. The van der Waals surface area contributed by atoms with Crippen LogP contribution in [0.3, 0.4) is 0 Å². The summed E-state index contributed by atoms with van der Waals surface area (Å²) in [6.45, 7) is 1.72. The standard InChI is InChI=1S/C18H19NO4/c1-18(22,15-6-4-3-5-7-15)12-19-16(20)13-8-10-14(11-9-13)17(21)23-2/h3-11,22H,12H2,1-2H3,(H,19,20). The summed E-state index contributed by atoms with van der Waals surface area (Å²) < 4.78 is 4.61. The zero-order valence-electron chi connectivity index (χ0n) is 13.1. The number of nitrogens with one attached hydrogen (secondary N) is 1. The molecule has 0 fully saturated rings. The van der Waals surface area contributed by atoms with Crippen molar-refractivity contribution in [2.45, 2.75) is 12.5 Å². The van der Waals surface area contributed by atoms with E-state index in [0.717, 1.165) is 5.56 Å². The summed E-state index contributed by atoms with van der Waals surface area (Å²) in [6.07, 6.45) is 0. The van der Waals surface area contributed by atoms with E-state index in [1.165, 1.54) is 19.2 Å². The summed E-state index contributed by atoms with van der Waals surface area (Å²) in [4.78, 5) is 23.5. The Morgan fingerprint density at radius 3 is 2.17 bits per heavy atom. The van der Waals surface area contributed by atoms with Gasteiger partial charge in [0.05, 0.1) is 19.2 Å². The first-order valence-electron chi connectivity index (χ1n) is 7.18. The molecule has 23 heavy (non-hydrogen) atoms. The number of hydrogen-bond acceptors (Lipinski definition) is 4. The molecular weight excluding hydrogens is 294 g/mol. The van der Waals surface area contributed by atoms with Gasteiger partial charge in [0.25, 0.3) is 5.91 Å². The molecule has 0 aliphatic heterocycles. The zero-order chi connectivity index (χ0) is 16.9. The molecule has 1 amide bonds. The molecule has 0 heterocycles. The van der Waals surface area contributed by atoms with E-state index in [2.05, 4.69) is 10.1 Å². The second kappa shape index (κ2) is 7.07. The summed E-state index contributed by atoms with van der Waals surface area (Å²) in [5.41, 5.74) is 0.339. The lowest BCUT2D eigenvalue weighted by Crippen LogP contribution is -2.38. The smallest absolute Gasteiger partial charge is 0.337 e. The minimum absolute atomic E-state index is 0.0780. The Balaban J connectivity index is 2.01. The lowest BCUT2D eigenvalue weighted by Gasteiger charge is -2.24. The van der Waals surface area contributed by atoms with Crippen molar-refractivity contribution < 1.29 is 19.4 Å². The van der Waals surface area contributed by atoms with Crippen LogP contribution in [-0.4, -0.2) is 30.6 Å². The van der Waals surface area contributed by atoms with Crippen LogP contribution in [-0.2, 0) is 10.3 Å². The van der Waals surface area contributed by atoms with E-state index in [9.17, 15) is 14.7 Å². The zero-order valence-corrected chi connectivity index (χ0v) is 13.1. The van der Waals surface area contributed by atoms with E-state index in [0.29, 0.717) is 11.1 Å². The largest absolute Gasteiger partial charge is 0.465 e. The summed E-state index contributed by atoms with van der Waals surface area (Å²) in [6, 6.07) is 15.3. The van der Waals surface area contributed by atoms with Gasteiger partial charge in [-0.25, -0.2) is 4.79 Å². The number of benzene rings is 2. The Labute approximate surface area is 134 Å². The molecule has 0 saturated carbocycles. The minimum Gasteiger partial charge on any atom is -0.465 e. The molecule has 0 aliphatic rings. The predicted octanol–water partition coefficient (Wildman–Crippen LogP) is 2.11. The van der Waals surface area contributed by atoms with Crippen LogP contribution in [0.5, 0.6) is 0 Å². The van der Waals surface area contributed by atoms with Crippen LogP contribution in [0.15, 0.2) is 54.6 Å². The van der Waals surface area contributed by atoms with Crippen LogP contribution in [0.25, 0.3) is 0 Å². The van der Waals surface area contributed by atoms with Gasteiger partial charge < -0.3 is 15.2 Å². The highest BCUT2D eigenvalue weighted by molar-refractivity contribution is 5.96. The predicted molar refractivity (Wildman–Crippen MR) is 86.1 cm³/mol. The molecule has 2 rings (SSSR count). The van der Waals surface area contributed by atoms with E-state index in [4.69, 9.17) is 0 Å². The first-order valence-corrected chi connectivity index (χ1v) is 7.18. The quantitative estimate of drug-likeness (QED) is 0.829. The van der Waals surface area contributed by atoms with Crippen LogP contribution >= 0.6 is 0 Å². The SMILES string of the molecule is COC(=O)c1ccc(C(=O)NCC(C)(O)c2ccccc2)cc1. The molecule has 2 aromatic rings. The summed E-state index contributed by atoms with van der Waals surface area (Å²) in [5, 5.41) is 13.1. The van der Waals surface area contributed by atoms with Gasteiger partial charge in [-0.1, -0.05) is 30.3 Å². The third-order valence-corrected chi connectivity index (χ3v) is 3.56. The van der Waals surface area contributed by atoms with Crippen molar-refractivity contribution in [1.82, 2.24) is 5.32 Å². The van der Waals surface area contributed by atoms with Gasteiger partial charge in [-0.05, 0) is 36.8 Å². The van der Waals surface area contributed by atoms with Gasteiger partial charge >= 0.3 is 5.97 Å². The Hall–Kier alpha value is -2.66. The molecule has 0 aromatic heterocycles. The van der Waals surface area contributed by atoms with Crippen molar-refractivity contribution in [1.29, 1.82) is 0 Å². The molecule has 0 saturated heterocycles. The molecule has 5 heteroatoms. The fourth-order valence-corrected chi connectivity index (χ4v) is 2.13. The fourth-order valence-electron chi connectivity index (χ4n) is 2.13. The Morgan fingerprint density at radius 2 is 1.61 bits per heavy atom. The lowest BCUT2D eigenvalue weighted by molar-refractivity contribution is 0.0526. The first kappa shape index (κ1) is 16.7. The lowest BCUT2D eigenvalue weighted by atomic mass is 9.96. The number of ether oxygens (including phenoxy) is 1. The van der Waals surface area contributed by atoms with E-state index in [-0.39, 0.29) is 12.5 Å². The molecule has 5 nitrogen and oxygen atoms in total. The van der Waals surface area contributed by atoms with Crippen LogP contribution in [0.1, 0.15) is 33.2 Å². The van der Waals surface area contributed by atoms with Crippen molar-refractivity contribution >= 4 is 11.9 Å². The molecular formula is C18H19NO4. The van der Waals surface area contributed by atoms with Gasteiger partial charge in [0.1, 0.15) is 5.60 Å². The second-order valence-electron chi connectivity index (χ2n) is 5.39. The maximum absolute atomic E-state index is 12.1. The minimum atomic E-state index is -1.16. The van der Waals surface area contributed by atoms with Crippen LogP contribution < -0.4 is 5.32 Å². The van der Waals surface area contributed by atoms with Crippen molar-refractivity contribution in [3.05, 3.63) is 71.3 Å². The fraction of sp³-hybridized carbons (Fsp3) is 0.222. The van der Waals surface area contributed by atoms with Crippen molar-refractivity contribution in [2.24, 2.45) is 0 Å². The number of rotatable bonds is 5. The third kappa shape index (κ3) is 4.17. The third-order valence-electron chi connectivity index (χ3n) is 3.56. The van der Waals surface area contributed by atoms with Gasteiger partial charge in [0, 0.05) is 5.56 Å². The number of carbonyl (C=O) groups is 2. The number of esters is 1. The van der Waals surface area contributed by atoms with Gasteiger partial charge in [0.15, 0.2) is 0 Å². The Bertz CT molecular complexity index is 678. The highest BCUT2D eigenvalue weighted by atomic mass is 16.5. The topological polar surface area (TPSA) is 75.6 Å². The maximum atomic E-state index is 12.1. The molecule has 120 valence electrons. The number of amides is 1. The number of aliphatic hydroxyl groups is 1. The van der Waals surface area contributed by atoms with Crippen LogP contribution in [0.2, 0.25) is 0 Å². The monoisotopic (exact) mass is 313 g/mol. The van der Waals surface area contributed by atoms with E-state index in [1.54, 1.807) is 31.2 Å². The highest BCUT2D eigenvalue weighted by Crippen LogP contribution is 2.19. The van der Waals surface area contributed by atoms with E-state index < -0.39 is 11.6 Å². The number of carbonyl (C=O) groups excluding carboxylic acids is 2. The number of hydrogen-bond donors (Lipinski definition) is 2. The van der Waals surface area contributed by atoms with Gasteiger partial charge in [-0.2, -0.15) is 0 Å². The molecule has 0 aliphatic carbocycles. The maximum Gasteiger partial charge on any atom is 0.337 e. The summed E-state index contributed by atoms with van der Waals surface area (Å²) >= 11 is 0. The van der Waals surface area contributed by atoms with E-state index in [1.807, 2.05) is 18.2 Å². The molecule has 0 bridgehead atoms. The van der Waals surface area contributed by atoms with Gasteiger partial charge in [0.2, 0.25) is 0 Å². The van der Waals surface area contributed by atoms with Crippen molar-refractivity contribution in [3.63, 3.8) is 0 Å². The van der Waals surface area contributed by atoms with Crippen molar-refractivity contribution in [3.8, 4) is 0 Å². The van der Waals surface area contributed by atoms with Crippen LogP contribution in [0, 0.1) is 0 Å².